The van der Waals surface area contributed by atoms with Gasteiger partial charge in [0.05, 0.1) is 8.59 Å². The zero-order valence-corrected chi connectivity index (χ0v) is 21.4. The van der Waals surface area contributed by atoms with Gasteiger partial charge in [0.25, 0.3) is 5.91 Å². The second-order valence-corrected chi connectivity index (χ2v) is 8.93. The standard InChI is InChI=1S/C26H23ClIN3O3/c1-2-29-26(32)25-23(28)24(30-31-25)19-13-20(27)22(34-16-18-11-7-4-8-12-18)14-21(19)33-15-17-9-5-3-6-10-17/h3-14H,2,15-16H2,1H3,(H,29,32)(H,30,31). The molecule has 3 aromatic carbocycles. The first-order valence-electron chi connectivity index (χ1n) is 10.8. The van der Waals surface area contributed by atoms with Crippen LogP contribution in [-0.4, -0.2) is 22.6 Å². The zero-order chi connectivity index (χ0) is 23.9. The SMILES string of the molecule is CCNC(=O)c1[nH]nc(-c2cc(Cl)c(OCc3ccccc3)cc2OCc2ccccc2)c1I. The minimum Gasteiger partial charge on any atom is -0.488 e. The Morgan fingerprint density at radius 3 is 2.15 bits per heavy atom. The van der Waals surface area contributed by atoms with Crippen LogP contribution in [0.4, 0.5) is 0 Å². The van der Waals surface area contributed by atoms with E-state index in [-0.39, 0.29) is 5.91 Å². The molecular formula is C26H23ClIN3O3. The highest BCUT2D eigenvalue weighted by molar-refractivity contribution is 14.1. The van der Waals surface area contributed by atoms with Gasteiger partial charge in [-0.1, -0.05) is 72.3 Å². The lowest BCUT2D eigenvalue weighted by Crippen LogP contribution is -2.23. The molecule has 0 atom stereocenters. The molecular weight excluding hydrogens is 565 g/mol. The molecule has 34 heavy (non-hydrogen) atoms. The maximum atomic E-state index is 12.4. The van der Waals surface area contributed by atoms with Crippen LogP contribution >= 0.6 is 34.2 Å². The van der Waals surface area contributed by atoms with E-state index in [2.05, 4.69) is 38.1 Å². The molecule has 0 aliphatic carbocycles. The van der Waals surface area contributed by atoms with Gasteiger partial charge in [-0.05, 0) is 46.7 Å². The molecule has 0 saturated carbocycles. The first kappa shape index (κ1) is 24.1. The average molecular weight is 588 g/mol. The first-order chi connectivity index (χ1) is 16.6. The fourth-order valence-corrected chi connectivity index (χ4v) is 4.32. The summed E-state index contributed by atoms with van der Waals surface area (Å²) in [4.78, 5) is 12.4. The largest absolute Gasteiger partial charge is 0.488 e. The van der Waals surface area contributed by atoms with Crippen LogP contribution in [0.25, 0.3) is 11.3 Å². The van der Waals surface area contributed by atoms with Crippen molar-refractivity contribution in [3.63, 3.8) is 0 Å². The van der Waals surface area contributed by atoms with E-state index in [0.717, 1.165) is 11.1 Å². The number of hydrogen-bond acceptors (Lipinski definition) is 4. The smallest absolute Gasteiger partial charge is 0.270 e. The maximum absolute atomic E-state index is 12.4. The van der Waals surface area contributed by atoms with Crippen molar-refractivity contribution in [3.8, 4) is 22.8 Å². The van der Waals surface area contributed by atoms with Crippen LogP contribution in [0.15, 0.2) is 72.8 Å². The van der Waals surface area contributed by atoms with Gasteiger partial charge in [-0.2, -0.15) is 5.10 Å². The van der Waals surface area contributed by atoms with Crippen molar-refractivity contribution in [2.75, 3.05) is 6.54 Å². The summed E-state index contributed by atoms with van der Waals surface area (Å²) < 4.78 is 12.9. The van der Waals surface area contributed by atoms with Gasteiger partial charge in [-0.3, -0.25) is 9.89 Å². The number of amides is 1. The Morgan fingerprint density at radius 1 is 0.971 bits per heavy atom. The number of hydrogen-bond donors (Lipinski definition) is 2. The van der Waals surface area contributed by atoms with Gasteiger partial charge in [-0.15, -0.1) is 0 Å². The fourth-order valence-electron chi connectivity index (χ4n) is 3.33. The van der Waals surface area contributed by atoms with Gasteiger partial charge in [0, 0.05) is 18.2 Å². The molecule has 174 valence electrons. The molecule has 0 unspecified atom stereocenters. The highest BCUT2D eigenvalue weighted by Gasteiger charge is 2.22. The molecule has 1 aromatic heterocycles. The van der Waals surface area contributed by atoms with Crippen molar-refractivity contribution in [3.05, 3.63) is 98.2 Å². The molecule has 1 heterocycles. The van der Waals surface area contributed by atoms with E-state index >= 15 is 0 Å². The molecule has 0 radical (unpaired) electrons. The lowest BCUT2D eigenvalue weighted by atomic mass is 10.1. The number of H-pyrrole nitrogens is 1. The van der Waals surface area contributed by atoms with Crippen LogP contribution in [0, 0.1) is 3.57 Å². The highest BCUT2D eigenvalue weighted by atomic mass is 127. The van der Waals surface area contributed by atoms with Crippen LogP contribution in [0.3, 0.4) is 0 Å². The van der Waals surface area contributed by atoms with Gasteiger partial charge in [0.15, 0.2) is 0 Å². The fraction of sp³-hybridized carbons (Fsp3) is 0.154. The minimum atomic E-state index is -0.216. The quantitative estimate of drug-likeness (QED) is 0.227. The Morgan fingerprint density at radius 2 is 1.56 bits per heavy atom. The van der Waals surface area contributed by atoms with Gasteiger partial charge in [-0.25, -0.2) is 0 Å². The maximum Gasteiger partial charge on any atom is 0.270 e. The Hall–Kier alpha value is -3.04. The van der Waals surface area contributed by atoms with Crippen molar-refractivity contribution < 1.29 is 14.3 Å². The van der Waals surface area contributed by atoms with Crippen molar-refractivity contribution in [2.24, 2.45) is 0 Å². The van der Waals surface area contributed by atoms with E-state index in [9.17, 15) is 4.79 Å². The van der Waals surface area contributed by atoms with E-state index in [1.165, 1.54) is 0 Å². The van der Waals surface area contributed by atoms with E-state index in [1.807, 2.05) is 67.6 Å². The van der Waals surface area contributed by atoms with Crippen molar-refractivity contribution in [1.29, 1.82) is 0 Å². The van der Waals surface area contributed by atoms with Gasteiger partial charge < -0.3 is 14.8 Å². The summed E-state index contributed by atoms with van der Waals surface area (Å²) in [6.45, 7) is 3.12. The number of carbonyl (C=O) groups excluding carboxylic acids is 1. The molecule has 2 N–H and O–H groups in total. The number of ether oxygens (including phenoxy) is 2. The summed E-state index contributed by atoms with van der Waals surface area (Å²) in [5, 5.41) is 10.5. The number of carbonyl (C=O) groups is 1. The van der Waals surface area contributed by atoms with Crippen LogP contribution in [-0.2, 0) is 13.2 Å². The first-order valence-corrected chi connectivity index (χ1v) is 12.2. The number of aromatic amines is 1. The van der Waals surface area contributed by atoms with Crippen LogP contribution < -0.4 is 14.8 Å². The van der Waals surface area contributed by atoms with Crippen LogP contribution in [0.1, 0.15) is 28.5 Å². The Balaban J connectivity index is 1.68. The number of nitrogens with one attached hydrogen (secondary N) is 2. The van der Waals surface area contributed by atoms with Gasteiger partial charge in [0.1, 0.15) is 36.1 Å². The molecule has 6 nitrogen and oxygen atoms in total. The van der Waals surface area contributed by atoms with E-state index in [1.54, 1.807) is 12.1 Å². The van der Waals surface area contributed by atoms with Crippen molar-refractivity contribution in [1.82, 2.24) is 15.5 Å². The van der Waals surface area contributed by atoms with Gasteiger partial charge in [0.2, 0.25) is 0 Å². The Labute approximate surface area is 216 Å². The van der Waals surface area contributed by atoms with Crippen molar-refractivity contribution >= 4 is 40.1 Å². The Kier molecular flexibility index (Phi) is 8.08. The zero-order valence-electron chi connectivity index (χ0n) is 18.5. The minimum absolute atomic E-state index is 0.216. The van der Waals surface area contributed by atoms with Crippen LogP contribution in [0.5, 0.6) is 11.5 Å². The molecule has 4 rings (SSSR count). The molecule has 0 bridgehead atoms. The molecule has 0 aliphatic rings. The summed E-state index contributed by atoms with van der Waals surface area (Å²) in [5.74, 6) is 0.848. The predicted molar refractivity (Wildman–Crippen MR) is 141 cm³/mol. The average Bonchev–Trinajstić information content (AvgIpc) is 3.25. The number of benzene rings is 3. The van der Waals surface area contributed by atoms with E-state index < -0.39 is 0 Å². The van der Waals surface area contributed by atoms with E-state index in [4.69, 9.17) is 21.1 Å². The summed E-state index contributed by atoms with van der Waals surface area (Å²) in [7, 11) is 0. The third kappa shape index (κ3) is 5.71. The summed E-state index contributed by atoms with van der Waals surface area (Å²) in [6.07, 6.45) is 0. The second kappa shape index (κ2) is 11.4. The third-order valence-corrected chi connectivity index (χ3v) is 6.38. The lowest BCUT2D eigenvalue weighted by Gasteiger charge is -2.15. The summed E-state index contributed by atoms with van der Waals surface area (Å²) in [5.41, 5.74) is 3.70. The highest BCUT2D eigenvalue weighted by Crippen LogP contribution is 2.40. The number of rotatable bonds is 9. The Bertz CT molecular complexity index is 1260. The molecule has 0 spiro atoms. The molecule has 0 aliphatic heterocycles. The number of halogens is 2. The monoisotopic (exact) mass is 587 g/mol. The molecule has 0 fully saturated rings. The van der Waals surface area contributed by atoms with Crippen LogP contribution in [0.2, 0.25) is 5.02 Å². The van der Waals surface area contributed by atoms with E-state index in [0.29, 0.717) is 56.8 Å². The second-order valence-electron chi connectivity index (χ2n) is 7.45. The van der Waals surface area contributed by atoms with Crippen molar-refractivity contribution in [2.45, 2.75) is 20.1 Å². The molecule has 8 heteroatoms. The number of nitrogens with zero attached hydrogens (tertiary/aromatic N) is 1. The predicted octanol–water partition coefficient (Wildman–Crippen LogP) is 6.24. The topological polar surface area (TPSA) is 76.2 Å². The normalized spacial score (nSPS) is 10.7. The number of aromatic nitrogens is 2. The third-order valence-electron chi connectivity index (χ3n) is 5.03. The molecule has 0 saturated heterocycles. The summed E-state index contributed by atoms with van der Waals surface area (Å²) >= 11 is 8.72. The van der Waals surface area contributed by atoms with Gasteiger partial charge >= 0.3 is 0 Å². The lowest BCUT2D eigenvalue weighted by molar-refractivity contribution is 0.0950. The molecule has 1 amide bonds. The molecule has 4 aromatic rings. The summed E-state index contributed by atoms with van der Waals surface area (Å²) in [6, 6.07) is 23.3.